The fraction of sp³-hybridized carbons (Fsp3) is 0.211. The van der Waals surface area contributed by atoms with Crippen molar-refractivity contribution in [2.45, 2.75) is 26.3 Å². The van der Waals surface area contributed by atoms with Gasteiger partial charge in [-0.3, -0.25) is 4.57 Å². The summed E-state index contributed by atoms with van der Waals surface area (Å²) < 4.78 is 12.0. The molecule has 0 saturated heterocycles. The molecule has 0 aliphatic carbocycles. The molecule has 4 aromatic rings. The van der Waals surface area contributed by atoms with E-state index in [0.29, 0.717) is 33.8 Å². The molecule has 0 saturated carbocycles. The maximum absolute atomic E-state index is 12.1. The Morgan fingerprint density at radius 3 is 2.65 bits per heavy atom. The summed E-state index contributed by atoms with van der Waals surface area (Å²) in [6.07, 6.45) is 0. The number of oxazole rings is 1. The first-order valence-electron chi connectivity index (χ1n) is 8.23. The van der Waals surface area contributed by atoms with Gasteiger partial charge in [-0.2, -0.15) is 4.98 Å². The van der Waals surface area contributed by atoms with E-state index in [4.69, 9.17) is 20.5 Å². The van der Waals surface area contributed by atoms with E-state index in [1.807, 2.05) is 24.3 Å². The number of nitrogens with zero attached hydrogens (tertiary/aromatic N) is 3. The van der Waals surface area contributed by atoms with Crippen molar-refractivity contribution < 1.29 is 8.94 Å². The number of fused-ring (bicyclic) bond motifs is 1. The summed E-state index contributed by atoms with van der Waals surface area (Å²) in [6.45, 7) is 4.41. The summed E-state index contributed by atoms with van der Waals surface area (Å²) in [4.78, 5) is 16.5. The van der Waals surface area contributed by atoms with Crippen molar-refractivity contribution in [1.82, 2.24) is 14.7 Å². The largest absolute Gasteiger partial charge is 0.420 e. The van der Waals surface area contributed by atoms with Crippen LogP contribution in [0.25, 0.3) is 22.5 Å². The summed E-state index contributed by atoms with van der Waals surface area (Å²) in [5.74, 6) is 0.773. The summed E-state index contributed by atoms with van der Waals surface area (Å²) in [6, 6.07) is 13.1. The second-order valence-corrected chi connectivity index (χ2v) is 6.79. The van der Waals surface area contributed by atoms with Crippen LogP contribution >= 0.6 is 11.6 Å². The number of rotatable bonds is 4. The molecular formula is C19H16ClN3O3. The molecule has 2 aromatic heterocycles. The fourth-order valence-corrected chi connectivity index (χ4v) is 2.94. The first-order valence-corrected chi connectivity index (χ1v) is 8.61. The summed E-state index contributed by atoms with van der Waals surface area (Å²) >= 11 is 5.93. The highest BCUT2D eigenvalue weighted by molar-refractivity contribution is 6.31. The number of aromatic nitrogens is 3. The topological polar surface area (TPSA) is 74.1 Å². The molecule has 0 radical (unpaired) electrons. The summed E-state index contributed by atoms with van der Waals surface area (Å²) in [5.41, 5.74) is 3.15. The smallest absolute Gasteiger partial charge is 0.408 e. The second-order valence-electron chi connectivity index (χ2n) is 6.35. The van der Waals surface area contributed by atoms with Crippen molar-refractivity contribution in [2.24, 2.45) is 0 Å². The highest BCUT2D eigenvalue weighted by atomic mass is 35.5. The van der Waals surface area contributed by atoms with Gasteiger partial charge in [0.15, 0.2) is 5.58 Å². The maximum atomic E-state index is 12.1. The van der Waals surface area contributed by atoms with E-state index in [0.717, 1.165) is 5.56 Å². The zero-order valence-electron chi connectivity index (χ0n) is 14.3. The molecule has 0 atom stereocenters. The van der Waals surface area contributed by atoms with E-state index >= 15 is 0 Å². The van der Waals surface area contributed by atoms with Gasteiger partial charge in [0.25, 0.3) is 0 Å². The molecule has 26 heavy (non-hydrogen) atoms. The zero-order valence-corrected chi connectivity index (χ0v) is 15.0. The minimum atomic E-state index is -0.497. The van der Waals surface area contributed by atoms with Gasteiger partial charge in [0.2, 0.25) is 11.7 Å². The third-order valence-electron chi connectivity index (χ3n) is 4.23. The van der Waals surface area contributed by atoms with Crippen molar-refractivity contribution in [2.75, 3.05) is 0 Å². The minimum Gasteiger partial charge on any atom is -0.408 e. The third kappa shape index (κ3) is 3.04. The lowest BCUT2D eigenvalue weighted by molar-refractivity contribution is 0.367. The molecular weight excluding hydrogens is 354 g/mol. The molecule has 0 spiro atoms. The fourth-order valence-electron chi connectivity index (χ4n) is 2.78. The Kier molecular flexibility index (Phi) is 4.12. The molecule has 0 amide bonds. The standard InChI is InChI=1S/C19H16ClN3O3/c1-11(2)12-3-5-13(6-4-12)18-21-17(26-22-18)10-23-15-8-7-14(20)9-16(15)25-19(23)24/h3-9,11H,10H2,1-2H3. The molecule has 0 fully saturated rings. The molecule has 2 aromatic carbocycles. The van der Waals surface area contributed by atoms with E-state index in [1.54, 1.807) is 18.2 Å². The summed E-state index contributed by atoms with van der Waals surface area (Å²) in [5, 5.41) is 4.52. The van der Waals surface area contributed by atoms with Crippen molar-refractivity contribution in [3.63, 3.8) is 0 Å². The molecule has 2 heterocycles. The lowest BCUT2D eigenvalue weighted by atomic mass is 10.0. The Hall–Kier alpha value is -2.86. The predicted octanol–water partition coefficient (Wildman–Crippen LogP) is 4.47. The molecule has 132 valence electrons. The maximum Gasteiger partial charge on any atom is 0.420 e. The van der Waals surface area contributed by atoms with Crippen LogP contribution in [-0.2, 0) is 6.54 Å². The average Bonchev–Trinajstić information content (AvgIpc) is 3.20. The monoisotopic (exact) mass is 369 g/mol. The van der Waals surface area contributed by atoms with Crippen molar-refractivity contribution in [1.29, 1.82) is 0 Å². The van der Waals surface area contributed by atoms with E-state index in [-0.39, 0.29) is 6.54 Å². The Labute approximate surface area is 154 Å². The van der Waals surface area contributed by atoms with Crippen LogP contribution in [0.15, 0.2) is 56.2 Å². The van der Waals surface area contributed by atoms with Gasteiger partial charge in [-0.05, 0) is 23.6 Å². The highest BCUT2D eigenvalue weighted by Gasteiger charge is 2.15. The highest BCUT2D eigenvalue weighted by Crippen LogP contribution is 2.22. The Morgan fingerprint density at radius 1 is 1.15 bits per heavy atom. The van der Waals surface area contributed by atoms with E-state index in [1.165, 1.54) is 10.1 Å². The molecule has 0 unspecified atom stereocenters. The first-order chi connectivity index (χ1) is 12.5. The Balaban J connectivity index is 1.63. The molecule has 4 rings (SSSR count). The van der Waals surface area contributed by atoms with Gasteiger partial charge in [-0.25, -0.2) is 4.79 Å². The lowest BCUT2D eigenvalue weighted by Gasteiger charge is -2.04. The van der Waals surface area contributed by atoms with E-state index in [9.17, 15) is 4.79 Å². The summed E-state index contributed by atoms with van der Waals surface area (Å²) in [7, 11) is 0. The van der Waals surface area contributed by atoms with Gasteiger partial charge in [0, 0.05) is 16.7 Å². The number of hydrogen-bond acceptors (Lipinski definition) is 5. The minimum absolute atomic E-state index is 0.130. The molecule has 6 nitrogen and oxygen atoms in total. The van der Waals surface area contributed by atoms with Crippen LogP contribution in [0.2, 0.25) is 5.02 Å². The normalized spacial score (nSPS) is 11.5. The van der Waals surface area contributed by atoms with Gasteiger partial charge < -0.3 is 8.94 Å². The second kappa shape index (κ2) is 6.46. The Bertz CT molecular complexity index is 1120. The average molecular weight is 370 g/mol. The number of hydrogen-bond donors (Lipinski definition) is 0. The van der Waals surface area contributed by atoms with Gasteiger partial charge in [-0.15, -0.1) is 0 Å². The van der Waals surface area contributed by atoms with Crippen LogP contribution in [0.1, 0.15) is 31.2 Å². The van der Waals surface area contributed by atoms with Crippen LogP contribution in [0.5, 0.6) is 0 Å². The van der Waals surface area contributed by atoms with E-state index < -0.39 is 5.76 Å². The van der Waals surface area contributed by atoms with Gasteiger partial charge >= 0.3 is 5.76 Å². The van der Waals surface area contributed by atoms with Crippen LogP contribution in [-0.4, -0.2) is 14.7 Å². The molecule has 7 heteroatoms. The quantitative estimate of drug-likeness (QED) is 0.530. The lowest BCUT2D eigenvalue weighted by Crippen LogP contribution is -2.15. The van der Waals surface area contributed by atoms with E-state index in [2.05, 4.69) is 24.0 Å². The third-order valence-corrected chi connectivity index (χ3v) is 4.46. The zero-order chi connectivity index (χ0) is 18.3. The molecule has 0 N–H and O–H groups in total. The predicted molar refractivity (Wildman–Crippen MR) is 98.4 cm³/mol. The van der Waals surface area contributed by atoms with Crippen LogP contribution in [0, 0.1) is 0 Å². The van der Waals surface area contributed by atoms with Crippen molar-refractivity contribution >= 4 is 22.7 Å². The molecule has 0 aliphatic heterocycles. The van der Waals surface area contributed by atoms with Crippen LogP contribution in [0.3, 0.4) is 0 Å². The number of halogens is 1. The molecule has 0 aliphatic rings. The SMILES string of the molecule is CC(C)c1ccc(-c2noc(Cn3c(=O)oc4cc(Cl)ccc43)n2)cc1. The Morgan fingerprint density at radius 2 is 1.92 bits per heavy atom. The first kappa shape index (κ1) is 16.6. The van der Waals surface area contributed by atoms with Crippen molar-refractivity contribution in [3.05, 3.63) is 69.5 Å². The van der Waals surface area contributed by atoms with Gasteiger partial charge in [-0.1, -0.05) is 54.9 Å². The van der Waals surface area contributed by atoms with Gasteiger partial charge in [0.1, 0.15) is 6.54 Å². The van der Waals surface area contributed by atoms with Crippen LogP contribution in [0.4, 0.5) is 0 Å². The molecule has 0 bridgehead atoms. The van der Waals surface area contributed by atoms with Gasteiger partial charge in [0.05, 0.1) is 5.52 Å². The number of benzene rings is 2. The van der Waals surface area contributed by atoms with Crippen molar-refractivity contribution in [3.8, 4) is 11.4 Å². The van der Waals surface area contributed by atoms with Crippen LogP contribution < -0.4 is 5.76 Å².